The van der Waals surface area contributed by atoms with Gasteiger partial charge in [-0.2, -0.15) is 0 Å². The van der Waals surface area contributed by atoms with E-state index in [4.69, 9.17) is 16.3 Å². The van der Waals surface area contributed by atoms with E-state index in [2.05, 4.69) is 17.1 Å². The van der Waals surface area contributed by atoms with Crippen molar-refractivity contribution in [2.45, 2.75) is 69.3 Å². The van der Waals surface area contributed by atoms with Gasteiger partial charge in [0.15, 0.2) is 11.9 Å². The Morgan fingerprint density at radius 3 is 2.37 bits per heavy atom. The van der Waals surface area contributed by atoms with Gasteiger partial charge in [0.05, 0.1) is 29.9 Å². The molecule has 3 aliphatic heterocycles. The van der Waals surface area contributed by atoms with Crippen LogP contribution in [0, 0.1) is 5.92 Å². The van der Waals surface area contributed by atoms with Crippen LogP contribution in [0.1, 0.15) is 62.6 Å². The maximum atomic E-state index is 13.9. The number of aromatic nitrogens is 1. The number of pyridine rings is 1. The summed E-state index contributed by atoms with van der Waals surface area (Å²) in [4.78, 5) is 31.2. The number of quaternary nitrogens is 1. The molecule has 2 bridgehead atoms. The van der Waals surface area contributed by atoms with Gasteiger partial charge in [0.1, 0.15) is 13.1 Å². The topological polar surface area (TPSA) is 56.3 Å². The number of esters is 1. The number of fused-ring (bicyclic) bond motifs is 3. The Bertz CT molecular complexity index is 1020. The number of carbonyl (C=O) groups is 2. The van der Waals surface area contributed by atoms with E-state index in [1.165, 1.54) is 12.8 Å². The van der Waals surface area contributed by atoms with Gasteiger partial charge >= 0.3 is 5.97 Å². The molecule has 4 fully saturated rings. The number of nitrogens with zero attached hydrogens (tertiary/aromatic N) is 2. The largest absolute Gasteiger partial charge is 0.455 e. The number of piperidine rings is 3. The normalized spacial score (nSPS) is 27.7. The molecule has 5 nitrogen and oxygen atoms in total. The lowest BCUT2D eigenvalue weighted by atomic mass is 9.74. The number of ketones is 1. The predicted molar refractivity (Wildman–Crippen MR) is 136 cm³/mol. The van der Waals surface area contributed by atoms with Crippen LogP contribution in [0.3, 0.4) is 0 Å². The van der Waals surface area contributed by atoms with Gasteiger partial charge in [-0.05, 0) is 30.5 Å². The fourth-order valence-electron chi connectivity index (χ4n) is 6.67. The van der Waals surface area contributed by atoms with Crippen molar-refractivity contribution in [2.75, 3.05) is 26.2 Å². The minimum Gasteiger partial charge on any atom is -0.455 e. The van der Waals surface area contributed by atoms with Crippen molar-refractivity contribution in [3.8, 4) is 0 Å². The minimum atomic E-state index is -0.537. The Morgan fingerprint density at radius 1 is 1.00 bits per heavy atom. The summed E-state index contributed by atoms with van der Waals surface area (Å²) >= 11 is 5.93. The first-order valence-electron chi connectivity index (χ1n) is 13.2. The molecule has 2 aromatic rings. The van der Waals surface area contributed by atoms with Crippen LogP contribution >= 0.6 is 11.6 Å². The fourth-order valence-corrected chi connectivity index (χ4v) is 6.78. The SMILES string of the molecule is O=C(Cc1ccc(Cl)cn1)C[N+]12CCC(CC1)[C@@H](OC(=O)C1(c3ccccc3)CCCCCC1)C2. The van der Waals surface area contributed by atoms with Crippen LogP contribution in [0.15, 0.2) is 48.7 Å². The smallest absolute Gasteiger partial charge is 0.317 e. The van der Waals surface area contributed by atoms with Crippen LogP contribution in [0.4, 0.5) is 0 Å². The quantitative estimate of drug-likeness (QED) is 0.297. The lowest BCUT2D eigenvalue weighted by Gasteiger charge is -2.52. The molecule has 186 valence electrons. The Balaban J connectivity index is 1.29. The highest BCUT2D eigenvalue weighted by Crippen LogP contribution is 2.42. The van der Waals surface area contributed by atoms with Crippen LogP contribution in [0.25, 0.3) is 0 Å². The molecule has 1 aliphatic carbocycles. The fraction of sp³-hybridized carbons (Fsp3) is 0.552. The molecule has 4 aliphatic rings. The molecule has 4 heterocycles. The maximum Gasteiger partial charge on any atom is 0.317 e. The van der Waals surface area contributed by atoms with Gasteiger partial charge in [0.25, 0.3) is 0 Å². The van der Waals surface area contributed by atoms with E-state index < -0.39 is 5.41 Å². The molecule has 6 rings (SSSR count). The first-order valence-corrected chi connectivity index (χ1v) is 13.6. The molecule has 35 heavy (non-hydrogen) atoms. The van der Waals surface area contributed by atoms with Gasteiger partial charge < -0.3 is 9.22 Å². The highest BCUT2D eigenvalue weighted by atomic mass is 35.5. The molecule has 6 heteroatoms. The van der Waals surface area contributed by atoms with Gasteiger partial charge in [0.2, 0.25) is 0 Å². The third-order valence-corrected chi connectivity index (χ3v) is 8.88. The number of carbonyl (C=O) groups excluding carboxylic acids is 2. The average Bonchev–Trinajstić information content (AvgIpc) is 3.14. The molecular formula is C29H36ClN2O3+. The van der Waals surface area contributed by atoms with Crippen molar-refractivity contribution in [2.24, 2.45) is 5.92 Å². The highest BCUT2D eigenvalue weighted by Gasteiger charge is 2.50. The second-order valence-corrected chi connectivity index (χ2v) is 11.4. The van der Waals surface area contributed by atoms with Gasteiger partial charge in [0, 0.05) is 30.7 Å². The van der Waals surface area contributed by atoms with Crippen molar-refractivity contribution in [1.82, 2.24) is 4.98 Å². The molecule has 0 spiro atoms. The number of Topliss-reactive ketones (excluding diaryl/α,β-unsaturated/α-hetero) is 1. The summed E-state index contributed by atoms with van der Waals surface area (Å²) in [6.45, 7) is 3.21. The number of rotatable bonds is 7. The van der Waals surface area contributed by atoms with E-state index >= 15 is 0 Å². The minimum absolute atomic E-state index is 0.0424. The Labute approximate surface area is 213 Å². The van der Waals surface area contributed by atoms with E-state index in [0.717, 1.165) is 73.9 Å². The van der Waals surface area contributed by atoms with E-state index in [0.29, 0.717) is 23.9 Å². The molecule has 1 saturated carbocycles. The first-order chi connectivity index (χ1) is 17.0. The number of ether oxygens (including phenoxy) is 1. The number of benzene rings is 1. The summed E-state index contributed by atoms with van der Waals surface area (Å²) < 4.78 is 7.16. The summed E-state index contributed by atoms with van der Waals surface area (Å²) in [6.07, 6.45) is 10.0. The van der Waals surface area contributed by atoms with E-state index in [1.54, 1.807) is 12.3 Å². The molecule has 0 N–H and O–H groups in total. The first kappa shape index (κ1) is 24.5. The second-order valence-electron chi connectivity index (χ2n) is 11.0. The summed E-state index contributed by atoms with van der Waals surface area (Å²) in [5.41, 5.74) is 1.32. The molecule has 3 saturated heterocycles. The zero-order valence-corrected chi connectivity index (χ0v) is 21.2. The molecule has 0 amide bonds. The third-order valence-electron chi connectivity index (χ3n) is 8.65. The standard InChI is InChI=1S/C29H36ClN2O3/c30-24-10-11-25(31-19-24)18-26(33)20-32-16-12-22(13-17-32)27(21-32)35-28(34)29(14-6-1-2-7-15-29)23-8-4-3-5-9-23/h3-5,8-11,19,22,27H,1-2,6-7,12-18,20-21H2/q+1/t22?,27-,32?/m0/s1. The zero-order chi connectivity index (χ0) is 24.3. The van der Waals surface area contributed by atoms with Crippen LogP contribution < -0.4 is 0 Å². The predicted octanol–water partition coefficient (Wildman–Crippen LogP) is 5.29. The molecule has 0 unspecified atom stereocenters. The van der Waals surface area contributed by atoms with Crippen molar-refractivity contribution in [1.29, 1.82) is 0 Å². The Morgan fingerprint density at radius 2 is 1.71 bits per heavy atom. The van der Waals surface area contributed by atoms with Gasteiger partial charge in [-0.3, -0.25) is 14.6 Å². The van der Waals surface area contributed by atoms with Crippen molar-refractivity contribution < 1.29 is 18.8 Å². The summed E-state index contributed by atoms with van der Waals surface area (Å²) in [5.74, 6) is 0.555. The van der Waals surface area contributed by atoms with Gasteiger partial charge in [-0.15, -0.1) is 0 Å². The number of hydrogen-bond donors (Lipinski definition) is 0. The molecule has 1 aromatic heterocycles. The lowest BCUT2D eigenvalue weighted by Crippen LogP contribution is -2.66. The molecule has 1 aromatic carbocycles. The van der Waals surface area contributed by atoms with Gasteiger partial charge in [-0.25, -0.2) is 0 Å². The lowest BCUT2D eigenvalue weighted by molar-refractivity contribution is -0.939. The van der Waals surface area contributed by atoms with Crippen LogP contribution in [0.5, 0.6) is 0 Å². The second kappa shape index (κ2) is 10.4. The summed E-state index contributed by atoms with van der Waals surface area (Å²) in [7, 11) is 0. The van der Waals surface area contributed by atoms with E-state index in [1.807, 2.05) is 24.3 Å². The monoisotopic (exact) mass is 495 g/mol. The number of hydrogen-bond acceptors (Lipinski definition) is 4. The Hall–Kier alpha value is -2.24. The molecular weight excluding hydrogens is 460 g/mol. The molecule has 1 atom stereocenters. The average molecular weight is 496 g/mol. The number of halogens is 1. The van der Waals surface area contributed by atoms with Crippen molar-refractivity contribution in [3.63, 3.8) is 0 Å². The molecule has 0 radical (unpaired) electrons. The van der Waals surface area contributed by atoms with Crippen molar-refractivity contribution >= 4 is 23.4 Å². The highest BCUT2D eigenvalue weighted by molar-refractivity contribution is 6.30. The third kappa shape index (κ3) is 5.31. The maximum absolute atomic E-state index is 13.9. The van der Waals surface area contributed by atoms with Gasteiger partial charge in [-0.1, -0.05) is 67.6 Å². The zero-order valence-electron chi connectivity index (χ0n) is 20.5. The summed E-state index contributed by atoms with van der Waals surface area (Å²) in [6, 6.07) is 13.9. The van der Waals surface area contributed by atoms with Crippen LogP contribution in [-0.4, -0.2) is 53.5 Å². The van der Waals surface area contributed by atoms with E-state index in [9.17, 15) is 9.59 Å². The summed E-state index contributed by atoms with van der Waals surface area (Å²) in [5, 5.41) is 0.577. The van der Waals surface area contributed by atoms with Crippen molar-refractivity contribution in [3.05, 3.63) is 64.9 Å². The van der Waals surface area contributed by atoms with E-state index in [-0.39, 0.29) is 17.9 Å². The Kier molecular flexibility index (Phi) is 7.26. The van der Waals surface area contributed by atoms with Crippen LogP contribution in [0.2, 0.25) is 5.02 Å². The van der Waals surface area contributed by atoms with Crippen LogP contribution in [-0.2, 0) is 26.2 Å².